The smallest absolute Gasteiger partial charge is 0.133 e. The second-order valence-electron chi connectivity index (χ2n) is 4.84. The molecule has 2 N–H and O–H groups in total. The van der Waals surface area contributed by atoms with Crippen molar-refractivity contribution in [1.82, 2.24) is 10.6 Å². The molecular formula is C13H18BrClN2O. The maximum Gasteiger partial charge on any atom is 0.133 e. The third-order valence-electron chi connectivity index (χ3n) is 3.17. The van der Waals surface area contributed by atoms with E-state index in [1.165, 1.54) is 0 Å². The molecule has 1 unspecified atom stereocenters. The van der Waals surface area contributed by atoms with Gasteiger partial charge in [0.05, 0.1) is 4.47 Å². The molecule has 0 radical (unpaired) electrons. The first-order valence-electron chi connectivity index (χ1n) is 6.13. The summed E-state index contributed by atoms with van der Waals surface area (Å²) in [6.45, 7) is 5.85. The summed E-state index contributed by atoms with van der Waals surface area (Å²) in [6, 6.07) is 5.55. The van der Waals surface area contributed by atoms with Gasteiger partial charge in [0.25, 0.3) is 0 Å². The summed E-state index contributed by atoms with van der Waals surface area (Å²) in [4.78, 5) is 0. The van der Waals surface area contributed by atoms with Gasteiger partial charge in [-0.05, 0) is 54.0 Å². The summed E-state index contributed by atoms with van der Waals surface area (Å²) in [5.74, 6) is 0.830. The third kappa shape index (κ3) is 3.85. The molecule has 1 fully saturated rings. The quantitative estimate of drug-likeness (QED) is 0.813. The molecule has 5 heteroatoms. The van der Waals surface area contributed by atoms with Crippen LogP contribution in [0.3, 0.4) is 0 Å². The molecule has 1 heterocycles. The molecule has 1 saturated heterocycles. The van der Waals surface area contributed by atoms with E-state index in [0.717, 1.165) is 36.3 Å². The third-order valence-corrected chi connectivity index (χ3v) is 4.03. The zero-order chi connectivity index (χ0) is 13.0. The average molecular weight is 334 g/mol. The van der Waals surface area contributed by atoms with Crippen molar-refractivity contribution in [2.45, 2.75) is 18.9 Å². The van der Waals surface area contributed by atoms with Crippen molar-refractivity contribution in [3.63, 3.8) is 0 Å². The lowest BCUT2D eigenvalue weighted by molar-refractivity contribution is 0.282. The standard InChI is InChI=1S/C13H18BrClN2O/c1-13(4-5-16-9-13)17-6-7-18-12-3-2-10(15)8-11(12)14/h2-3,8,16-17H,4-7,9H2,1H3. The molecule has 1 atom stereocenters. The van der Waals surface area contributed by atoms with E-state index in [1.54, 1.807) is 0 Å². The molecule has 1 aliphatic rings. The lowest BCUT2D eigenvalue weighted by atomic mass is 10.0. The van der Waals surface area contributed by atoms with E-state index in [1.807, 2.05) is 18.2 Å². The summed E-state index contributed by atoms with van der Waals surface area (Å²) < 4.78 is 6.60. The predicted octanol–water partition coefficient (Wildman–Crippen LogP) is 2.82. The topological polar surface area (TPSA) is 33.3 Å². The van der Waals surface area contributed by atoms with Crippen LogP contribution in [0.15, 0.2) is 22.7 Å². The van der Waals surface area contributed by atoms with Crippen LogP contribution in [0, 0.1) is 0 Å². The molecule has 3 nitrogen and oxygen atoms in total. The van der Waals surface area contributed by atoms with E-state index >= 15 is 0 Å². The first-order valence-corrected chi connectivity index (χ1v) is 7.30. The summed E-state index contributed by atoms with van der Waals surface area (Å²) in [7, 11) is 0. The molecule has 18 heavy (non-hydrogen) atoms. The largest absolute Gasteiger partial charge is 0.491 e. The Bertz CT molecular complexity index is 408. The average Bonchev–Trinajstić information content (AvgIpc) is 2.74. The Morgan fingerprint density at radius 2 is 2.39 bits per heavy atom. The Labute approximate surface area is 121 Å². The van der Waals surface area contributed by atoms with Gasteiger partial charge in [-0.25, -0.2) is 0 Å². The van der Waals surface area contributed by atoms with Crippen LogP contribution in [0.25, 0.3) is 0 Å². The Morgan fingerprint density at radius 3 is 3.06 bits per heavy atom. The summed E-state index contributed by atoms with van der Waals surface area (Å²) >= 11 is 9.31. The van der Waals surface area contributed by atoms with Gasteiger partial charge < -0.3 is 15.4 Å². The fourth-order valence-electron chi connectivity index (χ4n) is 2.07. The van der Waals surface area contributed by atoms with E-state index in [-0.39, 0.29) is 5.54 Å². The van der Waals surface area contributed by atoms with Crippen molar-refractivity contribution in [2.75, 3.05) is 26.2 Å². The van der Waals surface area contributed by atoms with Crippen molar-refractivity contribution >= 4 is 27.5 Å². The molecule has 0 aromatic heterocycles. The number of hydrogen-bond donors (Lipinski definition) is 2. The maximum atomic E-state index is 5.88. The maximum absolute atomic E-state index is 5.88. The molecule has 0 saturated carbocycles. The second-order valence-corrected chi connectivity index (χ2v) is 6.13. The zero-order valence-electron chi connectivity index (χ0n) is 10.4. The summed E-state index contributed by atoms with van der Waals surface area (Å²) in [5.41, 5.74) is 0.209. The Balaban J connectivity index is 1.75. The van der Waals surface area contributed by atoms with Gasteiger partial charge in [-0.3, -0.25) is 0 Å². The SMILES string of the molecule is CC1(NCCOc2ccc(Cl)cc2Br)CCNC1. The van der Waals surface area contributed by atoms with Gasteiger partial charge in [0.15, 0.2) is 0 Å². The van der Waals surface area contributed by atoms with Crippen molar-refractivity contribution in [1.29, 1.82) is 0 Å². The summed E-state index contributed by atoms with van der Waals surface area (Å²) in [5, 5.41) is 7.60. The van der Waals surface area contributed by atoms with Crippen LogP contribution in [-0.2, 0) is 0 Å². The number of benzene rings is 1. The molecular weight excluding hydrogens is 316 g/mol. The van der Waals surface area contributed by atoms with Crippen LogP contribution in [0.5, 0.6) is 5.75 Å². The highest BCUT2D eigenvalue weighted by atomic mass is 79.9. The predicted molar refractivity (Wildman–Crippen MR) is 78.5 cm³/mol. The van der Waals surface area contributed by atoms with Crippen LogP contribution in [0.2, 0.25) is 5.02 Å². The van der Waals surface area contributed by atoms with E-state index in [4.69, 9.17) is 16.3 Å². The van der Waals surface area contributed by atoms with Gasteiger partial charge in [-0.2, -0.15) is 0 Å². The number of hydrogen-bond acceptors (Lipinski definition) is 3. The van der Waals surface area contributed by atoms with Crippen LogP contribution in [-0.4, -0.2) is 31.8 Å². The van der Waals surface area contributed by atoms with Gasteiger partial charge in [0.1, 0.15) is 12.4 Å². The van der Waals surface area contributed by atoms with Gasteiger partial charge in [-0.15, -0.1) is 0 Å². The van der Waals surface area contributed by atoms with E-state index in [2.05, 4.69) is 33.5 Å². The van der Waals surface area contributed by atoms with Gasteiger partial charge >= 0.3 is 0 Å². The van der Waals surface area contributed by atoms with Crippen LogP contribution >= 0.6 is 27.5 Å². The highest BCUT2D eigenvalue weighted by molar-refractivity contribution is 9.10. The van der Waals surface area contributed by atoms with Crippen LogP contribution in [0.1, 0.15) is 13.3 Å². The van der Waals surface area contributed by atoms with Crippen molar-refractivity contribution < 1.29 is 4.74 Å². The Morgan fingerprint density at radius 1 is 1.56 bits per heavy atom. The Kier molecular flexibility index (Phi) is 4.90. The molecule has 100 valence electrons. The fourth-order valence-corrected chi connectivity index (χ4v) is 2.87. The van der Waals surface area contributed by atoms with Crippen LogP contribution < -0.4 is 15.4 Å². The minimum Gasteiger partial charge on any atom is -0.491 e. The first-order chi connectivity index (χ1) is 8.59. The lowest BCUT2D eigenvalue weighted by Gasteiger charge is -2.24. The minimum absolute atomic E-state index is 0.209. The lowest BCUT2D eigenvalue weighted by Crippen LogP contribution is -2.45. The molecule has 1 aliphatic heterocycles. The highest BCUT2D eigenvalue weighted by Crippen LogP contribution is 2.27. The Hall–Kier alpha value is -0.290. The molecule has 0 amide bonds. The van der Waals surface area contributed by atoms with E-state index < -0.39 is 0 Å². The fraction of sp³-hybridized carbons (Fsp3) is 0.538. The van der Waals surface area contributed by atoms with Crippen molar-refractivity contribution in [2.24, 2.45) is 0 Å². The second kappa shape index (κ2) is 6.24. The number of halogens is 2. The monoisotopic (exact) mass is 332 g/mol. The highest BCUT2D eigenvalue weighted by Gasteiger charge is 2.27. The molecule has 0 bridgehead atoms. The van der Waals surface area contributed by atoms with E-state index in [0.29, 0.717) is 11.6 Å². The number of ether oxygens (including phenoxy) is 1. The molecule has 0 spiro atoms. The number of rotatable bonds is 5. The van der Waals surface area contributed by atoms with Gasteiger partial charge in [0.2, 0.25) is 0 Å². The first kappa shape index (κ1) is 14.1. The van der Waals surface area contributed by atoms with E-state index in [9.17, 15) is 0 Å². The van der Waals surface area contributed by atoms with Crippen molar-refractivity contribution in [3.05, 3.63) is 27.7 Å². The molecule has 2 rings (SSSR count). The van der Waals surface area contributed by atoms with Gasteiger partial charge in [-0.1, -0.05) is 11.6 Å². The molecule has 1 aromatic rings. The number of nitrogens with one attached hydrogen (secondary N) is 2. The van der Waals surface area contributed by atoms with Gasteiger partial charge in [0, 0.05) is 23.7 Å². The molecule has 0 aliphatic carbocycles. The zero-order valence-corrected chi connectivity index (χ0v) is 12.8. The summed E-state index contributed by atoms with van der Waals surface area (Å²) in [6.07, 6.45) is 1.16. The van der Waals surface area contributed by atoms with Crippen molar-refractivity contribution in [3.8, 4) is 5.75 Å². The minimum atomic E-state index is 0.209. The molecule has 1 aromatic carbocycles. The van der Waals surface area contributed by atoms with Crippen LogP contribution in [0.4, 0.5) is 0 Å². The normalized spacial score (nSPS) is 23.3.